The zero-order valence-corrected chi connectivity index (χ0v) is 16.7. The largest absolute Gasteiger partial charge is 0.403 e. The van der Waals surface area contributed by atoms with Gasteiger partial charge in [-0.15, -0.1) is 0 Å². The number of nitrogens with two attached hydrogens (primary N) is 1. The van der Waals surface area contributed by atoms with Crippen LogP contribution in [0.15, 0.2) is 76.1 Å². The molecule has 0 saturated carbocycles. The standard InChI is InChI=1S/C23H28BN3/c1-15-12-17(3)19(13-16(15)2)7-8-20-14-18(4)23(26-20)21(9-10-25)22-6-5-11-27(22)24/h5-8,11-14,17,19H,9-10,25H2,1-4H3. The van der Waals surface area contributed by atoms with Gasteiger partial charge < -0.3 is 10.2 Å². The number of hydrogen-bond donors (Lipinski definition) is 1. The van der Waals surface area contributed by atoms with Crippen LogP contribution in [0, 0.1) is 11.8 Å². The zero-order valence-electron chi connectivity index (χ0n) is 16.7. The van der Waals surface area contributed by atoms with Gasteiger partial charge in [0, 0.05) is 17.2 Å². The van der Waals surface area contributed by atoms with E-state index < -0.39 is 0 Å². The van der Waals surface area contributed by atoms with Gasteiger partial charge in [-0.3, -0.25) is 0 Å². The van der Waals surface area contributed by atoms with Crippen molar-refractivity contribution in [2.24, 2.45) is 22.6 Å². The first-order valence-corrected chi connectivity index (χ1v) is 9.59. The maximum Gasteiger partial charge on any atom is 0.234 e. The van der Waals surface area contributed by atoms with Crippen LogP contribution in [0.3, 0.4) is 0 Å². The van der Waals surface area contributed by atoms with Crippen LogP contribution in [-0.4, -0.2) is 24.7 Å². The summed E-state index contributed by atoms with van der Waals surface area (Å²) in [4.78, 5) is 4.88. The lowest BCUT2D eigenvalue weighted by Crippen LogP contribution is -2.10. The van der Waals surface area contributed by atoms with Crippen molar-refractivity contribution in [2.45, 2.75) is 34.1 Å². The Kier molecular flexibility index (Phi) is 5.86. The fourth-order valence-corrected chi connectivity index (χ4v) is 3.74. The molecule has 2 radical (unpaired) electrons. The molecule has 4 heteroatoms. The van der Waals surface area contributed by atoms with Gasteiger partial charge in [0.15, 0.2) is 0 Å². The van der Waals surface area contributed by atoms with E-state index in [1.807, 2.05) is 18.3 Å². The van der Waals surface area contributed by atoms with Crippen molar-refractivity contribution in [3.8, 4) is 0 Å². The van der Waals surface area contributed by atoms with Gasteiger partial charge in [0.05, 0.1) is 11.4 Å². The van der Waals surface area contributed by atoms with Gasteiger partial charge >= 0.3 is 0 Å². The molecule has 0 fully saturated rings. The number of nitrogens with zero attached hydrogens (tertiary/aromatic N) is 2. The van der Waals surface area contributed by atoms with E-state index in [1.54, 1.807) is 4.48 Å². The minimum absolute atomic E-state index is 0.405. The van der Waals surface area contributed by atoms with Crippen LogP contribution in [0.25, 0.3) is 5.57 Å². The van der Waals surface area contributed by atoms with Crippen LogP contribution in [-0.2, 0) is 0 Å². The highest BCUT2D eigenvalue weighted by Crippen LogP contribution is 2.32. The molecule has 3 rings (SSSR count). The lowest BCUT2D eigenvalue weighted by molar-refractivity contribution is 0.595. The molecule has 0 saturated heterocycles. The Morgan fingerprint density at radius 3 is 2.63 bits per heavy atom. The van der Waals surface area contributed by atoms with E-state index >= 15 is 0 Å². The summed E-state index contributed by atoms with van der Waals surface area (Å²) in [5, 5.41) is 0. The maximum absolute atomic E-state index is 6.06. The van der Waals surface area contributed by atoms with Gasteiger partial charge in [-0.2, -0.15) is 0 Å². The average molecular weight is 357 g/mol. The number of aliphatic imine (C=N–C) groups is 1. The molecule has 1 aromatic rings. The van der Waals surface area contributed by atoms with Crippen LogP contribution in [0.4, 0.5) is 0 Å². The smallest absolute Gasteiger partial charge is 0.234 e. The SMILES string of the molecule is [B]n1cccc1C(CCN)=C1N=C(C=CC2C=C(C)C(C)=CC2C)C=C1C. The Balaban J connectivity index is 1.90. The molecule has 2 unspecified atom stereocenters. The maximum atomic E-state index is 6.06. The molecule has 2 heterocycles. The molecule has 1 aliphatic carbocycles. The summed E-state index contributed by atoms with van der Waals surface area (Å²) in [5.74, 6) is 0.906. The van der Waals surface area contributed by atoms with E-state index in [0.29, 0.717) is 18.4 Å². The first kappa shape index (κ1) is 19.4. The molecule has 0 amide bonds. The van der Waals surface area contributed by atoms with Crippen molar-refractivity contribution in [2.75, 3.05) is 6.54 Å². The second kappa shape index (κ2) is 8.14. The van der Waals surface area contributed by atoms with E-state index in [0.717, 1.165) is 34.7 Å². The summed E-state index contributed by atoms with van der Waals surface area (Å²) >= 11 is 0. The Labute approximate surface area is 164 Å². The van der Waals surface area contributed by atoms with Crippen molar-refractivity contribution in [3.63, 3.8) is 0 Å². The topological polar surface area (TPSA) is 43.3 Å². The van der Waals surface area contributed by atoms with Crippen LogP contribution >= 0.6 is 0 Å². The van der Waals surface area contributed by atoms with E-state index in [4.69, 9.17) is 18.7 Å². The average Bonchev–Trinajstić information content (AvgIpc) is 3.20. The predicted octanol–water partition coefficient (Wildman–Crippen LogP) is 4.60. The number of hydrogen-bond acceptors (Lipinski definition) is 2. The highest BCUT2D eigenvalue weighted by Gasteiger charge is 2.18. The van der Waals surface area contributed by atoms with Crippen molar-refractivity contribution in [3.05, 3.63) is 76.8 Å². The molecule has 2 aliphatic rings. The third kappa shape index (κ3) is 4.17. The minimum atomic E-state index is 0.405. The summed E-state index contributed by atoms with van der Waals surface area (Å²) in [7, 11) is 6.06. The summed E-state index contributed by atoms with van der Waals surface area (Å²) in [6.45, 7) is 9.28. The van der Waals surface area contributed by atoms with E-state index in [2.05, 4.69) is 58.1 Å². The third-order valence-corrected chi connectivity index (χ3v) is 5.42. The Morgan fingerprint density at radius 2 is 1.96 bits per heavy atom. The van der Waals surface area contributed by atoms with Crippen molar-refractivity contribution >= 4 is 19.3 Å². The molecule has 2 atom stereocenters. The molecule has 1 aliphatic heterocycles. The zero-order chi connectivity index (χ0) is 19.6. The molecule has 138 valence electrons. The Bertz CT molecular complexity index is 906. The predicted molar refractivity (Wildman–Crippen MR) is 117 cm³/mol. The van der Waals surface area contributed by atoms with Crippen LogP contribution in [0.2, 0.25) is 0 Å². The monoisotopic (exact) mass is 357 g/mol. The molecule has 0 bridgehead atoms. The number of allylic oxidation sites excluding steroid dienone is 8. The first-order chi connectivity index (χ1) is 12.9. The normalized spacial score (nSPS) is 24.6. The van der Waals surface area contributed by atoms with Gasteiger partial charge in [0.2, 0.25) is 7.98 Å². The van der Waals surface area contributed by atoms with Crippen LogP contribution in [0.5, 0.6) is 0 Å². The molecule has 27 heavy (non-hydrogen) atoms. The summed E-state index contributed by atoms with van der Waals surface area (Å²) < 4.78 is 1.64. The van der Waals surface area contributed by atoms with E-state index in [-0.39, 0.29) is 0 Å². The highest BCUT2D eigenvalue weighted by molar-refractivity contribution is 6.10. The molecule has 2 N–H and O–H groups in total. The lowest BCUT2D eigenvalue weighted by Gasteiger charge is -2.21. The first-order valence-electron chi connectivity index (χ1n) is 9.59. The summed E-state index contributed by atoms with van der Waals surface area (Å²) in [6, 6.07) is 3.96. The Hall–Kier alpha value is -2.33. The lowest BCUT2D eigenvalue weighted by atomic mass is 9.84. The summed E-state index contributed by atoms with van der Waals surface area (Å²) in [6.07, 6.45) is 13.8. The molecule has 0 spiro atoms. The molecule has 1 aromatic heterocycles. The fourth-order valence-electron chi connectivity index (χ4n) is 3.74. The summed E-state index contributed by atoms with van der Waals surface area (Å²) in [5.41, 5.74) is 13.8. The second-order valence-electron chi connectivity index (χ2n) is 7.53. The van der Waals surface area contributed by atoms with E-state index in [1.165, 1.54) is 11.1 Å². The van der Waals surface area contributed by atoms with E-state index in [9.17, 15) is 0 Å². The van der Waals surface area contributed by atoms with Crippen molar-refractivity contribution < 1.29 is 0 Å². The third-order valence-electron chi connectivity index (χ3n) is 5.42. The van der Waals surface area contributed by atoms with Crippen LogP contribution < -0.4 is 5.73 Å². The Morgan fingerprint density at radius 1 is 1.22 bits per heavy atom. The quantitative estimate of drug-likeness (QED) is 0.770. The van der Waals surface area contributed by atoms with Gasteiger partial charge in [-0.1, -0.05) is 36.3 Å². The van der Waals surface area contributed by atoms with Crippen molar-refractivity contribution in [1.29, 1.82) is 0 Å². The molecular weight excluding hydrogens is 329 g/mol. The fraction of sp³-hybridized carbons (Fsp3) is 0.348. The van der Waals surface area contributed by atoms with Gasteiger partial charge in [0.25, 0.3) is 0 Å². The molecule has 3 nitrogen and oxygen atoms in total. The minimum Gasteiger partial charge on any atom is -0.403 e. The van der Waals surface area contributed by atoms with Gasteiger partial charge in [0.1, 0.15) is 0 Å². The number of aromatic nitrogens is 1. The van der Waals surface area contributed by atoms with Crippen LogP contribution in [0.1, 0.15) is 39.8 Å². The van der Waals surface area contributed by atoms with Gasteiger partial charge in [-0.05, 0) is 75.7 Å². The second-order valence-corrected chi connectivity index (χ2v) is 7.53. The number of rotatable bonds is 5. The molecular formula is C23H28BN3. The highest BCUT2D eigenvalue weighted by atomic mass is 14.9. The molecule has 0 aromatic carbocycles. The van der Waals surface area contributed by atoms with Crippen molar-refractivity contribution in [1.82, 2.24) is 4.48 Å². The van der Waals surface area contributed by atoms with Gasteiger partial charge in [-0.25, -0.2) is 4.99 Å².